The monoisotopic (exact) mass is 222 g/mol. The van der Waals surface area contributed by atoms with Crippen LogP contribution in [0.5, 0.6) is 5.88 Å². The standard InChI is InChI=1S/C11H11ClN2O/c1-3-15-11-9-5-4-8(12)6-10(9)13-7(2)14-11/h4-6H,3H2,1-2H3. The van der Waals surface area contributed by atoms with Crippen molar-refractivity contribution in [3.63, 3.8) is 0 Å². The number of aromatic nitrogens is 2. The largest absolute Gasteiger partial charge is 0.477 e. The van der Waals surface area contributed by atoms with Crippen molar-refractivity contribution >= 4 is 22.5 Å². The van der Waals surface area contributed by atoms with Crippen molar-refractivity contribution in [2.24, 2.45) is 0 Å². The van der Waals surface area contributed by atoms with Crippen molar-refractivity contribution in [3.8, 4) is 5.88 Å². The minimum absolute atomic E-state index is 0.591. The van der Waals surface area contributed by atoms with Gasteiger partial charge in [0.15, 0.2) is 0 Å². The van der Waals surface area contributed by atoms with E-state index in [0.717, 1.165) is 10.9 Å². The van der Waals surface area contributed by atoms with Gasteiger partial charge in [0, 0.05) is 5.02 Å². The van der Waals surface area contributed by atoms with Gasteiger partial charge in [-0.15, -0.1) is 0 Å². The third-order valence-electron chi connectivity index (χ3n) is 2.02. The predicted octanol–water partition coefficient (Wildman–Crippen LogP) is 2.99. The van der Waals surface area contributed by atoms with E-state index in [9.17, 15) is 0 Å². The molecule has 3 nitrogen and oxygen atoms in total. The molecule has 0 atom stereocenters. The van der Waals surface area contributed by atoms with Gasteiger partial charge in [-0.25, -0.2) is 4.98 Å². The van der Waals surface area contributed by atoms with Crippen molar-refractivity contribution in [1.29, 1.82) is 0 Å². The fraction of sp³-hybridized carbons (Fsp3) is 0.273. The Morgan fingerprint density at radius 1 is 1.33 bits per heavy atom. The minimum atomic E-state index is 0.591. The molecule has 15 heavy (non-hydrogen) atoms. The molecule has 78 valence electrons. The number of aryl methyl sites for hydroxylation is 1. The van der Waals surface area contributed by atoms with E-state index >= 15 is 0 Å². The molecule has 0 aliphatic carbocycles. The summed E-state index contributed by atoms with van der Waals surface area (Å²) in [5.41, 5.74) is 0.818. The first-order valence-corrected chi connectivity index (χ1v) is 5.15. The molecule has 0 radical (unpaired) electrons. The van der Waals surface area contributed by atoms with E-state index in [2.05, 4.69) is 9.97 Å². The van der Waals surface area contributed by atoms with Crippen LogP contribution in [0.25, 0.3) is 10.9 Å². The molecule has 0 saturated carbocycles. The van der Waals surface area contributed by atoms with Gasteiger partial charge in [-0.05, 0) is 32.0 Å². The summed E-state index contributed by atoms with van der Waals surface area (Å²) in [7, 11) is 0. The number of halogens is 1. The van der Waals surface area contributed by atoms with Gasteiger partial charge in [-0.1, -0.05) is 11.6 Å². The van der Waals surface area contributed by atoms with E-state index in [1.165, 1.54) is 0 Å². The fourth-order valence-corrected chi connectivity index (χ4v) is 1.60. The molecule has 0 aliphatic rings. The Morgan fingerprint density at radius 2 is 2.13 bits per heavy atom. The number of rotatable bonds is 2. The average molecular weight is 223 g/mol. The first-order chi connectivity index (χ1) is 7.20. The summed E-state index contributed by atoms with van der Waals surface area (Å²) in [5.74, 6) is 1.31. The van der Waals surface area contributed by atoms with Crippen molar-refractivity contribution in [2.75, 3.05) is 6.61 Å². The van der Waals surface area contributed by atoms with Gasteiger partial charge in [0.05, 0.1) is 17.5 Å². The van der Waals surface area contributed by atoms with E-state index in [-0.39, 0.29) is 0 Å². The zero-order chi connectivity index (χ0) is 10.8. The first-order valence-electron chi connectivity index (χ1n) is 4.77. The lowest BCUT2D eigenvalue weighted by atomic mass is 10.2. The van der Waals surface area contributed by atoms with Gasteiger partial charge in [-0.2, -0.15) is 4.98 Å². The third-order valence-corrected chi connectivity index (χ3v) is 2.25. The van der Waals surface area contributed by atoms with E-state index in [1.54, 1.807) is 0 Å². The lowest BCUT2D eigenvalue weighted by molar-refractivity contribution is 0.330. The second kappa shape index (κ2) is 4.03. The van der Waals surface area contributed by atoms with Gasteiger partial charge in [-0.3, -0.25) is 0 Å². The Morgan fingerprint density at radius 3 is 2.87 bits per heavy atom. The Labute approximate surface area is 93.1 Å². The number of benzene rings is 1. The minimum Gasteiger partial charge on any atom is -0.477 e. The molecule has 0 N–H and O–H groups in total. The normalized spacial score (nSPS) is 10.6. The van der Waals surface area contributed by atoms with Crippen LogP contribution in [0.15, 0.2) is 18.2 Å². The van der Waals surface area contributed by atoms with Crippen LogP contribution in [0.1, 0.15) is 12.7 Å². The zero-order valence-corrected chi connectivity index (χ0v) is 9.38. The summed E-state index contributed by atoms with van der Waals surface area (Å²) < 4.78 is 5.45. The second-order valence-corrected chi connectivity index (χ2v) is 3.61. The molecular weight excluding hydrogens is 212 g/mol. The summed E-state index contributed by atoms with van der Waals surface area (Å²) >= 11 is 5.90. The van der Waals surface area contributed by atoms with Crippen molar-refractivity contribution in [3.05, 3.63) is 29.0 Å². The van der Waals surface area contributed by atoms with Crippen molar-refractivity contribution in [2.45, 2.75) is 13.8 Å². The summed E-state index contributed by atoms with van der Waals surface area (Å²) in [5, 5.41) is 1.56. The predicted molar refractivity (Wildman–Crippen MR) is 60.5 cm³/mol. The van der Waals surface area contributed by atoms with Crippen LogP contribution in [0.2, 0.25) is 5.02 Å². The summed E-state index contributed by atoms with van der Waals surface area (Å²) in [6, 6.07) is 5.50. The molecular formula is C11H11ClN2O. The number of hydrogen-bond acceptors (Lipinski definition) is 3. The van der Waals surface area contributed by atoms with Crippen LogP contribution in [0, 0.1) is 6.92 Å². The summed E-state index contributed by atoms with van der Waals surface area (Å²) in [4.78, 5) is 8.55. The van der Waals surface area contributed by atoms with Crippen LogP contribution >= 0.6 is 11.6 Å². The van der Waals surface area contributed by atoms with Crippen LogP contribution < -0.4 is 4.74 Å². The Hall–Kier alpha value is -1.35. The molecule has 0 fully saturated rings. The Kier molecular flexibility index (Phi) is 2.73. The molecule has 1 aromatic carbocycles. The highest BCUT2D eigenvalue weighted by atomic mass is 35.5. The molecule has 0 spiro atoms. The fourth-order valence-electron chi connectivity index (χ4n) is 1.43. The van der Waals surface area contributed by atoms with Gasteiger partial charge in [0.2, 0.25) is 5.88 Å². The first kappa shape index (κ1) is 10.2. The van der Waals surface area contributed by atoms with Crippen molar-refractivity contribution < 1.29 is 4.74 Å². The third kappa shape index (κ3) is 2.02. The van der Waals surface area contributed by atoms with Gasteiger partial charge < -0.3 is 4.74 Å². The molecule has 1 heterocycles. The lowest BCUT2D eigenvalue weighted by Crippen LogP contribution is -1.98. The molecule has 0 bridgehead atoms. The Bertz CT molecular complexity index is 494. The molecule has 0 saturated heterocycles. The molecule has 2 aromatic rings. The number of fused-ring (bicyclic) bond motifs is 1. The topological polar surface area (TPSA) is 35.0 Å². The maximum absolute atomic E-state index is 5.90. The molecule has 1 aromatic heterocycles. The number of ether oxygens (including phenoxy) is 1. The maximum atomic E-state index is 5.90. The van der Waals surface area contributed by atoms with E-state index in [4.69, 9.17) is 16.3 Å². The molecule has 0 aliphatic heterocycles. The lowest BCUT2D eigenvalue weighted by Gasteiger charge is -2.06. The van der Waals surface area contributed by atoms with Gasteiger partial charge in [0.1, 0.15) is 5.82 Å². The number of hydrogen-bond donors (Lipinski definition) is 0. The summed E-state index contributed by atoms with van der Waals surface area (Å²) in [6.45, 7) is 4.36. The molecule has 2 rings (SSSR count). The average Bonchev–Trinajstić information content (AvgIpc) is 2.17. The zero-order valence-electron chi connectivity index (χ0n) is 8.62. The van der Waals surface area contributed by atoms with E-state index in [1.807, 2.05) is 32.0 Å². The smallest absolute Gasteiger partial charge is 0.224 e. The quantitative estimate of drug-likeness (QED) is 0.784. The van der Waals surface area contributed by atoms with E-state index < -0.39 is 0 Å². The van der Waals surface area contributed by atoms with Crippen LogP contribution in [-0.4, -0.2) is 16.6 Å². The summed E-state index contributed by atoms with van der Waals surface area (Å²) in [6.07, 6.45) is 0. The highest BCUT2D eigenvalue weighted by Gasteiger charge is 2.06. The Balaban J connectivity index is 2.68. The van der Waals surface area contributed by atoms with Gasteiger partial charge in [0.25, 0.3) is 0 Å². The second-order valence-electron chi connectivity index (χ2n) is 3.17. The number of nitrogens with zero attached hydrogens (tertiary/aromatic N) is 2. The molecule has 0 amide bonds. The van der Waals surface area contributed by atoms with Crippen LogP contribution in [0.3, 0.4) is 0 Å². The SMILES string of the molecule is CCOc1nc(C)nc2cc(Cl)ccc12. The highest BCUT2D eigenvalue weighted by Crippen LogP contribution is 2.24. The van der Waals surface area contributed by atoms with Gasteiger partial charge >= 0.3 is 0 Å². The van der Waals surface area contributed by atoms with Crippen molar-refractivity contribution in [1.82, 2.24) is 9.97 Å². The maximum Gasteiger partial charge on any atom is 0.224 e. The molecule has 4 heteroatoms. The highest BCUT2D eigenvalue weighted by molar-refractivity contribution is 6.31. The van der Waals surface area contributed by atoms with Crippen LogP contribution in [0.4, 0.5) is 0 Å². The van der Waals surface area contributed by atoms with Crippen LogP contribution in [-0.2, 0) is 0 Å². The van der Waals surface area contributed by atoms with E-state index in [0.29, 0.717) is 23.3 Å². The molecule has 0 unspecified atom stereocenters.